The number of aliphatic carboxylic acids is 1. The summed E-state index contributed by atoms with van der Waals surface area (Å²) >= 11 is 0. The molecule has 132 valence electrons. The van der Waals surface area contributed by atoms with Crippen LogP contribution in [0.3, 0.4) is 0 Å². The molecule has 1 rings (SSSR count). The molecule has 0 spiro atoms. The summed E-state index contributed by atoms with van der Waals surface area (Å²) in [5, 5.41) is 8.68. The van der Waals surface area contributed by atoms with Crippen molar-refractivity contribution in [2.45, 2.75) is 53.6 Å². The maximum Gasteiger partial charge on any atom is 0.328 e. The third-order valence-electron chi connectivity index (χ3n) is 4.54. The Morgan fingerprint density at radius 3 is 2.50 bits per heavy atom. The van der Waals surface area contributed by atoms with Crippen LogP contribution < -0.4 is 0 Å². The van der Waals surface area contributed by atoms with Gasteiger partial charge in [-0.2, -0.15) is 0 Å². The molecule has 0 aromatic heterocycles. The van der Waals surface area contributed by atoms with Crippen LogP contribution in [0.1, 0.15) is 47.5 Å². The number of carbonyl (C=O) groups is 1. The minimum absolute atomic E-state index is 0.159. The monoisotopic (exact) mass is 330 g/mol. The average molecular weight is 330 g/mol. The molecular formula is C21H30O3. The Hall–Kier alpha value is -1.87. The SMILES string of the molecule is COC1CCC(C)(C)C(C=CC(C)=CC=CC(C)=CC(=O)O)=C1C. The smallest absolute Gasteiger partial charge is 0.328 e. The number of ether oxygens (including phenoxy) is 1. The van der Waals surface area contributed by atoms with E-state index in [2.05, 4.69) is 32.9 Å². The summed E-state index contributed by atoms with van der Waals surface area (Å²) in [4.78, 5) is 10.6. The second-order valence-corrected chi connectivity index (χ2v) is 7.07. The minimum atomic E-state index is -0.924. The van der Waals surface area contributed by atoms with E-state index in [1.54, 1.807) is 20.1 Å². The lowest BCUT2D eigenvalue weighted by Gasteiger charge is -2.36. The van der Waals surface area contributed by atoms with Gasteiger partial charge in [0, 0.05) is 13.2 Å². The van der Waals surface area contributed by atoms with Gasteiger partial charge in [-0.25, -0.2) is 4.79 Å². The van der Waals surface area contributed by atoms with Crippen LogP contribution in [0.4, 0.5) is 0 Å². The number of hydrogen-bond acceptors (Lipinski definition) is 2. The standard InChI is InChI=1S/C21H30O3/c1-15(8-7-9-16(2)14-20(22)23)10-11-18-17(3)19(24-6)12-13-21(18,4)5/h7-11,14,19H,12-13H2,1-6H3,(H,22,23). The summed E-state index contributed by atoms with van der Waals surface area (Å²) in [6, 6.07) is 0. The molecule has 0 bridgehead atoms. The zero-order valence-electron chi connectivity index (χ0n) is 15.7. The van der Waals surface area contributed by atoms with Crippen LogP contribution in [0, 0.1) is 5.41 Å². The third kappa shape index (κ3) is 5.97. The quantitative estimate of drug-likeness (QED) is 0.536. The fourth-order valence-electron chi connectivity index (χ4n) is 3.07. The van der Waals surface area contributed by atoms with Crippen LogP contribution in [0.5, 0.6) is 0 Å². The van der Waals surface area contributed by atoms with E-state index in [1.807, 2.05) is 19.1 Å². The number of methoxy groups -OCH3 is 1. The second kappa shape index (κ2) is 8.84. The number of allylic oxidation sites excluding steroid dienone is 8. The number of rotatable bonds is 6. The van der Waals surface area contributed by atoms with E-state index in [4.69, 9.17) is 9.84 Å². The summed E-state index contributed by atoms with van der Waals surface area (Å²) in [5.41, 5.74) is 4.65. The Kier molecular flexibility index (Phi) is 7.43. The average Bonchev–Trinajstić information content (AvgIpc) is 2.45. The molecule has 0 aromatic rings. The highest BCUT2D eigenvalue weighted by molar-refractivity contribution is 5.81. The van der Waals surface area contributed by atoms with E-state index in [1.165, 1.54) is 17.2 Å². The van der Waals surface area contributed by atoms with Gasteiger partial charge in [0.05, 0.1) is 6.10 Å². The molecule has 3 heteroatoms. The van der Waals surface area contributed by atoms with Gasteiger partial charge in [-0.1, -0.05) is 49.8 Å². The molecule has 0 aromatic carbocycles. The van der Waals surface area contributed by atoms with Crippen molar-refractivity contribution in [1.29, 1.82) is 0 Å². The molecule has 3 nitrogen and oxygen atoms in total. The Bertz CT molecular complexity index is 613. The van der Waals surface area contributed by atoms with Gasteiger partial charge in [0.25, 0.3) is 0 Å². The first kappa shape index (κ1) is 20.2. The zero-order chi connectivity index (χ0) is 18.3. The summed E-state index contributed by atoms with van der Waals surface area (Å²) in [7, 11) is 1.77. The molecule has 24 heavy (non-hydrogen) atoms. The van der Waals surface area contributed by atoms with Crippen molar-refractivity contribution in [2.75, 3.05) is 7.11 Å². The molecule has 1 atom stereocenters. The molecule has 0 aliphatic heterocycles. The Balaban J connectivity index is 2.91. The van der Waals surface area contributed by atoms with E-state index in [-0.39, 0.29) is 11.5 Å². The minimum Gasteiger partial charge on any atom is -0.478 e. The molecule has 0 heterocycles. The molecule has 1 N–H and O–H groups in total. The predicted octanol–water partition coefficient (Wildman–Crippen LogP) is 5.23. The van der Waals surface area contributed by atoms with Crippen molar-refractivity contribution < 1.29 is 14.6 Å². The Morgan fingerprint density at radius 1 is 1.25 bits per heavy atom. The zero-order valence-corrected chi connectivity index (χ0v) is 15.7. The van der Waals surface area contributed by atoms with E-state index < -0.39 is 5.97 Å². The van der Waals surface area contributed by atoms with Crippen LogP contribution in [0.25, 0.3) is 0 Å². The van der Waals surface area contributed by atoms with Crippen molar-refractivity contribution in [2.24, 2.45) is 5.41 Å². The lowest BCUT2D eigenvalue weighted by molar-refractivity contribution is -0.131. The van der Waals surface area contributed by atoms with Gasteiger partial charge in [0.2, 0.25) is 0 Å². The number of carboxylic acids is 1. The van der Waals surface area contributed by atoms with Crippen molar-refractivity contribution >= 4 is 5.97 Å². The highest BCUT2D eigenvalue weighted by Gasteiger charge is 2.31. The summed E-state index contributed by atoms with van der Waals surface area (Å²) in [6.07, 6.45) is 13.5. The van der Waals surface area contributed by atoms with Gasteiger partial charge in [-0.3, -0.25) is 0 Å². The van der Waals surface area contributed by atoms with Gasteiger partial charge in [-0.15, -0.1) is 0 Å². The Morgan fingerprint density at radius 2 is 1.92 bits per heavy atom. The van der Waals surface area contributed by atoms with Gasteiger partial charge in [0.1, 0.15) is 0 Å². The topological polar surface area (TPSA) is 46.5 Å². The number of hydrogen-bond donors (Lipinski definition) is 1. The highest BCUT2D eigenvalue weighted by Crippen LogP contribution is 2.41. The third-order valence-corrected chi connectivity index (χ3v) is 4.54. The van der Waals surface area contributed by atoms with Gasteiger partial charge in [0.15, 0.2) is 0 Å². The van der Waals surface area contributed by atoms with E-state index >= 15 is 0 Å². The Labute approximate surface area is 146 Å². The summed E-state index contributed by atoms with van der Waals surface area (Å²) in [6.45, 7) is 10.5. The molecular weight excluding hydrogens is 300 g/mol. The van der Waals surface area contributed by atoms with E-state index in [0.717, 1.165) is 18.4 Å². The van der Waals surface area contributed by atoms with Crippen LogP contribution in [-0.2, 0) is 9.53 Å². The normalized spacial score (nSPS) is 22.7. The van der Waals surface area contributed by atoms with Crippen molar-refractivity contribution in [3.63, 3.8) is 0 Å². The maximum atomic E-state index is 10.6. The molecule has 0 amide bonds. The van der Waals surface area contributed by atoms with Gasteiger partial charge in [-0.05, 0) is 55.7 Å². The fraction of sp³-hybridized carbons (Fsp3) is 0.476. The first-order valence-electron chi connectivity index (χ1n) is 8.35. The first-order chi connectivity index (χ1) is 11.2. The first-order valence-corrected chi connectivity index (χ1v) is 8.35. The molecule has 1 aliphatic carbocycles. The fourth-order valence-corrected chi connectivity index (χ4v) is 3.07. The van der Waals surface area contributed by atoms with Crippen LogP contribution in [0.15, 0.2) is 58.7 Å². The van der Waals surface area contributed by atoms with E-state index in [9.17, 15) is 4.79 Å². The van der Waals surface area contributed by atoms with Crippen molar-refractivity contribution in [3.8, 4) is 0 Å². The van der Waals surface area contributed by atoms with Gasteiger partial charge >= 0.3 is 5.97 Å². The molecule has 1 aliphatic rings. The maximum absolute atomic E-state index is 10.6. The summed E-state index contributed by atoms with van der Waals surface area (Å²) < 4.78 is 5.58. The van der Waals surface area contributed by atoms with Crippen LogP contribution >= 0.6 is 0 Å². The molecule has 1 unspecified atom stereocenters. The lowest BCUT2D eigenvalue weighted by atomic mass is 9.71. The highest BCUT2D eigenvalue weighted by atomic mass is 16.5. The van der Waals surface area contributed by atoms with Gasteiger partial charge < -0.3 is 9.84 Å². The lowest BCUT2D eigenvalue weighted by Crippen LogP contribution is -2.28. The second-order valence-electron chi connectivity index (χ2n) is 7.07. The van der Waals surface area contributed by atoms with Crippen LogP contribution in [-0.4, -0.2) is 24.3 Å². The van der Waals surface area contributed by atoms with Crippen LogP contribution in [0.2, 0.25) is 0 Å². The molecule has 0 fully saturated rings. The van der Waals surface area contributed by atoms with Crippen molar-refractivity contribution in [1.82, 2.24) is 0 Å². The molecule has 0 saturated heterocycles. The molecule has 0 radical (unpaired) electrons. The largest absolute Gasteiger partial charge is 0.478 e. The molecule has 0 saturated carbocycles. The van der Waals surface area contributed by atoms with E-state index in [0.29, 0.717) is 5.57 Å². The predicted molar refractivity (Wildman–Crippen MR) is 99.9 cm³/mol. The van der Waals surface area contributed by atoms with Crippen molar-refractivity contribution in [3.05, 3.63) is 58.7 Å². The summed E-state index contributed by atoms with van der Waals surface area (Å²) in [5.74, 6) is -0.924. The number of carboxylic acid groups (broad SMARTS) is 1.